The van der Waals surface area contributed by atoms with Crippen molar-refractivity contribution in [3.63, 3.8) is 0 Å². The molecule has 0 aliphatic heterocycles. The van der Waals surface area contributed by atoms with Crippen LogP contribution in [0, 0.1) is 12.7 Å². The third kappa shape index (κ3) is 4.20. The molecule has 0 fully saturated rings. The summed E-state index contributed by atoms with van der Waals surface area (Å²) in [6.45, 7) is 1.96. The Bertz CT molecular complexity index is 1240. The largest absolute Gasteiger partial charge is 0.464 e. The number of aryl methyl sites for hydroxylation is 1. The third-order valence-electron chi connectivity index (χ3n) is 4.56. The number of amides is 2. The van der Waals surface area contributed by atoms with Gasteiger partial charge in [-0.3, -0.25) is 14.6 Å². The van der Waals surface area contributed by atoms with Crippen molar-refractivity contribution in [1.29, 1.82) is 0 Å². The Morgan fingerprint density at radius 3 is 2.70 bits per heavy atom. The molecule has 0 radical (unpaired) electrons. The summed E-state index contributed by atoms with van der Waals surface area (Å²) in [5, 5.41) is 6.17. The highest BCUT2D eigenvalue weighted by atomic mass is 19.1. The summed E-state index contributed by atoms with van der Waals surface area (Å²) in [7, 11) is 0. The normalized spacial score (nSPS) is 10.7. The lowest BCUT2D eigenvalue weighted by Gasteiger charge is -2.12. The molecule has 2 amide bonds. The van der Waals surface area contributed by atoms with Gasteiger partial charge in [-0.1, -0.05) is 18.2 Å². The first-order chi connectivity index (χ1) is 14.5. The minimum absolute atomic E-state index is 0.0419. The highest BCUT2D eigenvalue weighted by molar-refractivity contribution is 6.06. The van der Waals surface area contributed by atoms with Gasteiger partial charge in [-0.25, -0.2) is 4.39 Å². The zero-order valence-electron chi connectivity index (χ0n) is 16.1. The molecule has 30 heavy (non-hydrogen) atoms. The molecule has 0 saturated heterocycles. The second-order valence-electron chi connectivity index (χ2n) is 6.84. The molecule has 0 bridgehead atoms. The Morgan fingerprint density at radius 2 is 1.90 bits per heavy atom. The molecule has 6 nitrogen and oxygen atoms in total. The molecule has 0 saturated carbocycles. The van der Waals surface area contributed by atoms with Crippen molar-refractivity contribution < 1.29 is 18.4 Å². The van der Waals surface area contributed by atoms with Gasteiger partial charge in [-0.05, 0) is 48.9 Å². The van der Waals surface area contributed by atoms with E-state index in [1.54, 1.807) is 24.5 Å². The topological polar surface area (TPSA) is 84.2 Å². The number of anilines is 2. The summed E-state index contributed by atoms with van der Waals surface area (Å²) in [4.78, 5) is 29.0. The van der Waals surface area contributed by atoms with E-state index >= 15 is 0 Å². The molecule has 0 atom stereocenters. The zero-order valence-corrected chi connectivity index (χ0v) is 16.1. The van der Waals surface area contributed by atoms with Gasteiger partial charge in [0.15, 0.2) is 0 Å². The minimum atomic E-state index is -0.537. The number of fused-ring (bicyclic) bond motifs is 1. The summed E-state index contributed by atoms with van der Waals surface area (Å²) < 4.78 is 19.3. The number of rotatable bonds is 5. The van der Waals surface area contributed by atoms with Crippen molar-refractivity contribution in [1.82, 2.24) is 4.98 Å². The maximum absolute atomic E-state index is 13.8. The molecule has 2 N–H and O–H groups in total. The maximum atomic E-state index is 13.8. The molecule has 0 aliphatic rings. The number of nitrogens with one attached hydrogen (secondary N) is 2. The van der Waals surface area contributed by atoms with Crippen LogP contribution in [0.25, 0.3) is 11.0 Å². The molecule has 150 valence electrons. The second-order valence-corrected chi connectivity index (χ2v) is 6.84. The van der Waals surface area contributed by atoms with E-state index in [0.29, 0.717) is 5.58 Å². The van der Waals surface area contributed by atoms with Gasteiger partial charge >= 0.3 is 0 Å². The van der Waals surface area contributed by atoms with Crippen LogP contribution in [-0.4, -0.2) is 16.8 Å². The van der Waals surface area contributed by atoms with Gasteiger partial charge in [-0.15, -0.1) is 0 Å². The Labute approximate surface area is 171 Å². The van der Waals surface area contributed by atoms with Gasteiger partial charge < -0.3 is 15.1 Å². The molecule has 2 heterocycles. The molecule has 0 spiro atoms. The van der Waals surface area contributed by atoms with E-state index in [4.69, 9.17) is 4.42 Å². The number of benzene rings is 2. The van der Waals surface area contributed by atoms with Crippen LogP contribution in [0.1, 0.15) is 21.6 Å². The number of hydrogen-bond acceptors (Lipinski definition) is 4. The summed E-state index contributed by atoms with van der Waals surface area (Å²) in [6.07, 6.45) is 3.08. The first-order valence-corrected chi connectivity index (χ1v) is 9.28. The number of hydrogen-bond donors (Lipinski definition) is 2. The molecule has 2 aromatic carbocycles. The average molecular weight is 403 g/mol. The fourth-order valence-corrected chi connectivity index (χ4v) is 3.11. The Kier molecular flexibility index (Phi) is 5.26. The fourth-order valence-electron chi connectivity index (χ4n) is 3.11. The quantitative estimate of drug-likeness (QED) is 0.506. The smallest absolute Gasteiger partial charge is 0.274 e. The molecule has 4 rings (SSSR count). The Hall–Kier alpha value is -4.00. The molecular formula is C23H18FN3O3. The van der Waals surface area contributed by atoms with Crippen LogP contribution >= 0.6 is 0 Å². The highest BCUT2D eigenvalue weighted by Gasteiger charge is 2.15. The van der Waals surface area contributed by atoms with E-state index in [-0.39, 0.29) is 29.4 Å². The van der Waals surface area contributed by atoms with Crippen molar-refractivity contribution in [2.75, 3.05) is 10.6 Å². The van der Waals surface area contributed by atoms with E-state index in [9.17, 15) is 14.0 Å². The monoisotopic (exact) mass is 403 g/mol. The number of carbonyl (C=O) groups excluding carboxylic acids is 2. The predicted molar refractivity (Wildman–Crippen MR) is 112 cm³/mol. The average Bonchev–Trinajstić information content (AvgIpc) is 3.12. The van der Waals surface area contributed by atoms with Crippen molar-refractivity contribution >= 4 is 34.2 Å². The van der Waals surface area contributed by atoms with Gasteiger partial charge in [-0.2, -0.15) is 0 Å². The van der Waals surface area contributed by atoms with Gasteiger partial charge in [0.2, 0.25) is 5.91 Å². The van der Waals surface area contributed by atoms with Crippen LogP contribution in [0.4, 0.5) is 15.8 Å². The summed E-state index contributed by atoms with van der Waals surface area (Å²) in [5.74, 6) is -1.36. The zero-order chi connectivity index (χ0) is 21.1. The first kappa shape index (κ1) is 19.3. The molecule has 2 aromatic heterocycles. The van der Waals surface area contributed by atoms with E-state index in [1.807, 2.05) is 25.1 Å². The SMILES string of the molecule is Cc1ccc2c(CC(=O)Nc3cc(F)ccc3NC(=O)c3ccccn3)coc2c1. The van der Waals surface area contributed by atoms with E-state index in [1.165, 1.54) is 18.3 Å². The summed E-state index contributed by atoms with van der Waals surface area (Å²) >= 11 is 0. The van der Waals surface area contributed by atoms with Crippen LogP contribution in [0.3, 0.4) is 0 Å². The predicted octanol–water partition coefficient (Wildman–Crippen LogP) is 4.71. The minimum Gasteiger partial charge on any atom is -0.464 e. The molecule has 0 unspecified atom stereocenters. The van der Waals surface area contributed by atoms with Gasteiger partial charge in [0.25, 0.3) is 5.91 Å². The summed E-state index contributed by atoms with van der Waals surface area (Å²) in [6, 6.07) is 14.4. The molecule has 4 aromatic rings. The number of aromatic nitrogens is 1. The van der Waals surface area contributed by atoms with E-state index < -0.39 is 11.7 Å². The number of furan rings is 1. The van der Waals surface area contributed by atoms with Crippen molar-refractivity contribution in [3.05, 3.63) is 89.7 Å². The number of halogens is 1. The highest BCUT2D eigenvalue weighted by Crippen LogP contribution is 2.26. The lowest BCUT2D eigenvalue weighted by molar-refractivity contribution is -0.115. The Balaban J connectivity index is 1.52. The van der Waals surface area contributed by atoms with Gasteiger partial charge in [0.1, 0.15) is 17.1 Å². The van der Waals surface area contributed by atoms with E-state index in [0.717, 1.165) is 22.6 Å². The standard InChI is InChI=1S/C23H18FN3O3/c1-14-5-7-17-15(13-30-21(17)10-14)11-22(28)26-20-12-16(24)6-8-18(20)27-23(29)19-4-2-3-9-25-19/h2-10,12-13H,11H2,1H3,(H,26,28)(H,27,29). The van der Waals surface area contributed by atoms with Crippen LogP contribution in [0.2, 0.25) is 0 Å². The number of pyridine rings is 1. The van der Waals surface area contributed by atoms with Crippen LogP contribution in [0.5, 0.6) is 0 Å². The lowest BCUT2D eigenvalue weighted by Crippen LogP contribution is -2.18. The second kappa shape index (κ2) is 8.16. The number of nitrogens with zero attached hydrogens (tertiary/aromatic N) is 1. The van der Waals surface area contributed by atoms with Crippen molar-refractivity contribution in [2.24, 2.45) is 0 Å². The van der Waals surface area contributed by atoms with Crippen LogP contribution in [0.15, 0.2) is 71.5 Å². The molecule has 7 heteroatoms. The van der Waals surface area contributed by atoms with Crippen LogP contribution in [-0.2, 0) is 11.2 Å². The molecular weight excluding hydrogens is 385 g/mol. The van der Waals surface area contributed by atoms with Crippen molar-refractivity contribution in [2.45, 2.75) is 13.3 Å². The lowest BCUT2D eigenvalue weighted by atomic mass is 10.1. The third-order valence-corrected chi connectivity index (χ3v) is 4.56. The fraction of sp³-hybridized carbons (Fsp3) is 0.0870. The van der Waals surface area contributed by atoms with Gasteiger partial charge in [0, 0.05) is 17.1 Å². The van der Waals surface area contributed by atoms with Crippen LogP contribution < -0.4 is 10.6 Å². The summed E-state index contributed by atoms with van der Waals surface area (Å²) in [5.41, 5.74) is 3.12. The van der Waals surface area contributed by atoms with Gasteiger partial charge in [0.05, 0.1) is 24.1 Å². The first-order valence-electron chi connectivity index (χ1n) is 9.28. The molecule has 0 aliphatic carbocycles. The Morgan fingerprint density at radius 1 is 1.03 bits per heavy atom. The maximum Gasteiger partial charge on any atom is 0.274 e. The van der Waals surface area contributed by atoms with E-state index in [2.05, 4.69) is 15.6 Å². The number of carbonyl (C=O) groups is 2. The van der Waals surface area contributed by atoms with Crippen molar-refractivity contribution in [3.8, 4) is 0 Å².